The Morgan fingerprint density at radius 2 is 1.55 bits per heavy atom. The molecule has 3 aromatic carbocycles. The van der Waals surface area contributed by atoms with Gasteiger partial charge in [-0.1, -0.05) is 60.2 Å². The van der Waals surface area contributed by atoms with E-state index in [2.05, 4.69) is 70.8 Å². The topological polar surface area (TPSA) is 47.6 Å². The lowest BCUT2D eigenvalue weighted by molar-refractivity contribution is -0.118. The molecule has 0 radical (unpaired) electrons. The van der Waals surface area contributed by atoms with Crippen LogP contribution in [0, 0.1) is 6.92 Å². The zero-order valence-electron chi connectivity index (χ0n) is 19.6. The Labute approximate surface area is 197 Å². The molecule has 0 unspecified atom stereocenters. The predicted octanol–water partition coefficient (Wildman–Crippen LogP) is 4.26. The third-order valence-electron chi connectivity index (χ3n) is 6.28. The Bertz CT molecular complexity index is 1010. The molecule has 5 heteroatoms. The Balaban J connectivity index is 1.39. The fraction of sp³-hybridized carbons (Fsp3) is 0.321. The first kappa shape index (κ1) is 23.0. The minimum absolute atomic E-state index is 0.0440. The summed E-state index contributed by atoms with van der Waals surface area (Å²) in [5.74, 6) is -0.0440. The molecule has 0 aromatic heterocycles. The zero-order valence-corrected chi connectivity index (χ0v) is 19.6. The van der Waals surface area contributed by atoms with Crippen molar-refractivity contribution < 1.29 is 4.79 Å². The molecule has 1 fully saturated rings. The monoisotopic (exact) mass is 442 g/mol. The molecule has 0 bridgehead atoms. The molecule has 2 N–H and O–H groups in total. The number of carbonyl (C=O) groups is 1. The molecule has 1 atom stereocenters. The fourth-order valence-corrected chi connectivity index (χ4v) is 4.16. The van der Waals surface area contributed by atoms with Crippen LogP contribution in [-0.4, -0.2) is 50.6 Å². The number of amides is 1. The number of aryl methyl sites for hydroxylation is 1. The lowest BCUT2D eigenvalue weighted by Crippen LogP contribution is -2.44. The number of likely N-dealkylation sites (N-methyl/N-ethyl adjacent to an activating group) is 1. The highest BCUT2D eigenvalue weighted by molar-refractivity contribution is 5.95. The second-order valence-electron chi connectivity index (χ2n) is 8.86. The maximum Gasteiger partial charge on any atom is 0.246 e. The number of hydrogen-bond acceptors (Lipinski definition) is 4. The van der Waals surface area contributed by atoms with Gasteiger partial charge in [-0.05, 0) is 55.8 Å². The smallest absolute Gasteiger partial charge is 0.246 e. The number of nitrogens with zero attached hydrogens (tertiary/aromatic N) is 2. The number of hydrogen-bond donors (Lipinski definition) is 2. The van der Waals surface area contributed by atoms with Gasteiger partial charge in [0.05, 0.1) is 0 Å². The van der Waals surface area contributed by atoms with Crippen molar-refractivity contribution in [2.24, 2.45) is 0 Å². The highest BCUT2D eigenvalue weighted by Gasteiger charge is 2.20. The summed E-state index contributed by atoms with van der Waals surface area (Å²) in [6.45, 7) is 7.03. The van der Waals surface area contributed by atoms with Gasteiger partial charge >= 0.3 is 0 Å². The van der Waals surface area contributed by atoms with Crippen molar-refractivity contribution in [1.82, 2.24) is 10.2 Å². The summed E-state index contributed by atoms with van der Waals surface area (Å²) < 4.78 is 0. The molecule has 1 aliphatic rings. The number of piperazine rings is 1. The van der Waals surface area contributed by atoms with Crippen LogP contribution >= 0.6 is 0 Å². The first-order valence-electron chi connectivity index (χ1n) is 11.8. The molecule has 172 valence electrons. The van der Waals surface area contributed by atoms with Gasteiger partial charge in [0, 0.05) is 44.1 Å². The van der Waals surface area contributed by atoms with Crippen molar-refractivity contribution in [2.75, 3.05) is 50.0 Å². The van der Waals surface area contributed by atoms with Gasteiger partial charge in [0.1, 0.15) is 6.04 Å². The van der Waals surface area contributed by atoms with Crippen LogP contribution in [0.15, 0.2) is 78.9 Å². The minimum Gasteiger partial charge on any atom is -0.369 e. The first-order chi connectivity index (χ1) is 16.1. The number of anilines is 2. The third kappa shape index (κ3) is 6.44. The van der Waals surface area contributed by atoms with Crippen molar-refractivity contribution in [1.29, 1.82) is 0 Å². The second kappa shape index (κ2) is 11.1. The van der Waals surface area contributed by atoms with Gasteiger partial charge in [-0.15, -0.1) is 0 Å². The summed E-state index contributed by atoms with van der Waals surface area (Å²) in [5.41, 5.74) is 5.51. The number of nitrogens with one attached hydrogen (secondary N) is 2. The van der Waals surface area contributed by atoms with Crippen LogP contribution in [0.25, 0.3) is 0 Å². The maximum atomic E-state index is 13.2. The van der Waals surface area contributed by atoms with Crippen LogP contribution in [0.3, 0.4) is 0 Å². The summed E-state index contributed by atoms with van der Waals surface area (Å²) in [6, 6.07) is 26.3. The normalized spacial score (nSPS) is 15.3. The zero-order chi connectivity index (χ0) is 23.0. The Kier molecular flexibility index (Phi) is 7.76. The summed E-state index contributed by atoms with van der Waals surface area (Å²) in [7, 11) is 2.16. The second-order valence-corrected chi connectivity index (χ2v) is 8.86. The van der Waals surface area contributed by atoms with Gasteiger partial charge in [-0.3, -0.25) is 4.79 Å². The molecule has 5 nitrogen and oxygen atoms in total. The van der Waals surface area contributed by atoms with Crippen molar-refractivity contribution in [2.45, 2.75) is 19.4 Å². The molecular formula is C28H34N4O. The van der Waals surface area contributed by atoms with Crippen molar-refractivity contribution in [3.05, 3.63) is 95.6 Å². The van der Waals surface area contributed by atoms with Crippen LogP contribution in [-0.2, 0) is 11.2 Å². The molecular weight excluding hydrogens is 408 g/mol. The molecule has 1 heterocycles. The van der Waals surface area contributed by atoms with E-state index >= 15 is 0 Å². The minimum atomic E-state index is -0.408. The average molecular weight is 443 g/mol. The molecule has 0 aliphatic carbocycles. The van der Waals surface area contributed by atoms with E-state index in [0.29, 0.717) is 0 Å². The summed E-state index contributed by atoms with van der Waals surface area (Å²) in [5, 5.41) is 6.57. The summed E-state index contributed by atoms with van der Waals surface area (Å²) in [4.78, 5) is 18.0. The van der Waals surface area contributed by atoms with Crippen LogP contribution in [0.1, 0.15) is 22.7 Å². The van der Waals surface area contributed by atoms with E-state index in [1.54, 1.807) is 0 Å². The largest absolute Gasteiger partial charge is 0.369 e. The molecule has 3 aromatic rings. The first-order valence-corrected chi connectivity index (χ1v) is 11.8. The van der Waals surface area contributed by atoms with Gasteiger partial charge in [-0.25, -0.2) is 0 Å². The van der Waals surface area contributed by atoms with Gasteiger partial charge in [0.25, 0.3) is 0 Å². The van der Waals surface area contributed by atoms with Crippen LogP contribution in [0.5, 0.6) is 0 Å². The SMILES string of the molecule is Cc1ccc(CCN[C@H](C(=O)Nc2ccc(N3CCN(C)CC3)cc2)c2ccccc2)cc1. The molecule has 1 saturated heterocycles. The van der Waals surface area contributed by atoms with Crippen molar-refractivity contribution in [3.8, 4) is 0 Å². The standard InChI is InChI=1S/C28H34N4O/c1-22-8-10-23(11-9-22)16-17-29-27(24-6-4-3-5-7-24)28(33)30-25-12-14-26(15-13-25)32-20-18-31(2)19-21-32/h3-15,27,29H,16-21H2,1-2H3,(H,30,33)/t27-/m0/s1. The van der Waals surface area contributed by atoms with Crippen molar-refractivity contribution >= 4 is 17.3 Å². The van der Waals surface area contributed by atoms with Gasteiger partial charge < -0.3 is 20.4 Å². The quantitative estimate of drug-likeness (QED) is 0.547. The lowest BCUT2D eigenvalue weighted by atomic mass is 10.0. The van der Waals surface area contributed by atoms with E-state index in [1.807, 2.05) is 42.5 Å². The number of carbonyl (C=O) groups excluding carboxylic acids is 1. The average Bonchev–Trinajstić information content (AvgIpc) is 2.84. The molecule has 0 spiro atoms. The van der Waals surface area contributed by atoms with E-state index in [4.69, 9.17) is 0 Å². The fourth-order valence-electron chi connectivity index (χ4n) is 4.16. The lowest BCUT2D eigenvalue weighted by Gasteiger charge is -2.34. The Morgan fingerprint density at radius 1 is 0.879 bits per heavy atom. The molecule has 1 amide bonds. The van der Waals surface area contributed by atoms with Crippen LogP contribution in [0.4, 0.5) is 11.4 Å². The molecule has 1 aliphatic heterocycles. The van der Waals surface area contributed by atoms with Gasteiger partial charge in [0.15, 0.2) is 0 Å². The number of rotatable bonds is 8. The molecule has 0 saturated carbocycles. The molecule has 33 heavy (non-hydrogen) atoms. The van der Waals surface area contributed by atoms with Crippen LogP contribution < -0.4 is 15.5 Å². The Morgan fingerprint density at radius 3 is 2.21 bits per heavy atom. The Hall–Kier alpha value is -3.15. The van der Waals surface area contributed by atoms with E-state index in [9.17, 15) is 4.79 Å². The van der Waals surface area contributed by atoms with Crippen molar-refractivity contribution in [3.63, 3.8) is 0 Å². The summed E-state index contributed by atoms with van der Waals surface area (Å²) in [6.07, 6.45) is 0.872. The maximum absolute atomic E-state index is 13.2. The van der Waals surface area contributed by atoms with E-state index < -0.39 is 6.04 Å². The van der Waals surface area contributed by atoms with Crippen LogP contribution in [0.2, 0.25) is 0 Å². The van der Waals surface area contributed by atoms with E-state index in [1.165, 1.54) is 16.8 Å². The third-order valence-corrected chi connectivity index (χ3v) is 6.28. The highest BCUT2D eigenvalue weighted by atomic mass is 16.2. The van der Waals surface area contributed by atoms with E-state index in [0.717, 1.165) is 50.4 Å². The number of benzene rings is 3. The van der Waals surface area contributed by atoms with Gasteiger partial charge in [-0.2, -0.15) is 0 Å². The van der Waals surface area contributed by atoms with Gasteiger partial charge in [0.2, 0.25) is 5.91 Å². The van der Waals surface area contributed by atoms with E-state index in [-0.39, 0.29) is 5.91 Å². The molecule has 4 rings (SSSR count). The summed E-state index contributed by atoms with van der Waals surface area (Å²) >= 11 is 0. The highest BCUT2D eigenvalue weighted by Crippen LogP contribution is 2.21. The predicted molar refractivity (Wildman–Crippen MR) is 137 cm³/mol.